The van der Waals surface area contributed by atoms with E-state index in [-0.39, 0.29) is 0 Å². The number of thiophene rings is 1. The molecule has 36 heavy (non-hydrogen) atoms. The number of methoxy groups -OCH3 is 2. The highest BCUT2D eigenvalue weighted by Gasteiger charge is 2.16. The van der Waals surface area contributed by atoms with Crippen LogP contribution in [0.15, 0.2) is 48.5 Å². The average molecular weight is 507 g/mol. The van der Waals surface area contributed by atoms with Gasteiger partial charge in [0.2, 0.25) is 0 Å². The number of amides is 1. The second kappa shape index (κ2) is 10.4. The topological polar surface area (TPSA) is 94.6 Å². The molecular weight excluding hydrogens is 476 g/mol. The maximum absolute atomic E-state index is 12.0. The van der Waals surface area contributed by atoms with Crippen LogP contribution in [0.3, 0.4) is 0 Å². The summed E-state index contributed by atoms with van der Waals surface area (Å²) in [6.07, 6.45) is -0.469. The minimum Gasteiger partial charge on any atom is -0.493 e. The van der Waals surface area contributed by atoms with Gasteiger partial charge in [0.1, 0.15) is 17.2 Å². The number of carbonyl (C=O) groups is 1. The molecule has 188 valence electrons. The molecule has 2 aromatic heterocycles. The summed E-state index contributed by atoms with van der Waals surface area (Å²) in [4.78, 5) is 23.4. The number of fused-ring (bicyclic) bond motifs is 1. The van der Waals surface area contributed by atoms with Crippen molar-refractivity contribution in [2.75, 3.05) is 24.9 Å². The summed E-state index contributed by atoms with van der Waals surface area (Å²) < 4.78 is 16.2. The molecule has 8 nitrogen and oxygen atoms in total. The lowest BCUT2D eigenvalue weighted by molar-refractivity contribution is 0.0636. The standard InChI is InChI=1S/C27H30N4O4S/c1-16-29-21-14-23(34-6)22(33-5)13-20(21)25(30-16)28-15-19-11-12-24(36-19)17-7-9-18(10-8-17)31-26(32)35-27(2,3)4/h7-14H,15H2,1-6H3,(H,31,32)(H,28,29,30). The molecule has 0 aliphatic heterocycles. The molecule has 0 aliphatic carbocycles. The van der Waals surface area contributed by atoms with E-state index in [0.29, 0.717) is 29.6 Å². The van der Waals surface area contributed by atoms with Gasteiger partial charge in [-0.1, -0.05) is 12.1 Å². The fraction of sp³-hybridized carbons (Fsp3) is 0.296. The first-order valence-electron chi connectivity index (χ1n) is 11.5. The van der Waals surface area contributed by atoms with E-state index in [1.54, 1.807) is 25.6 Å². The molecule has 4 rings (SSSR count). The second-order valence-corrected chi connectivity index (χ2v) is 10.3. The van der Waals surface area contributed by atoms with Crippen molar-refractivity contribution in [2.24, 2.45) is 0 Å². The average Bonchev–Trinajstić information content (AvgIpc) is 3.30. The Morgan fingerprint density at radius 3 is 2.33 bits per heavy atom. The molecule has 2 aromatic carbocycles. The number of nitrogens with zero attached hydrogens (tertiary/aromatic N) is 2. The Bertz CT molecular complexity index is 1380. The number of aromatic nitrogens is 2. The van der Waals surface area contributed by atoms with Gasteiger partial charge < -0.3 is 19.5 Å². The van der Waals surface area contributed by atoms with Crippen LogP contribution in [0.1, 0.15) is 31.5 Å². The summed E-state index contributed by atoms with van der Waals surface area (Å²) in [6, 6.07) is 15.6. The molecule has 0 fully saturated rings. The Hall–Kier alpha value is -3.85. The van der Waals surface area contributed by atoms with E-state index in [0.717, 1.165) is 32.0 Å². The number of hydrogen-bond donors (Lipinski definition) is 2. The molecule has 9 heteroatoms. The van der Waals surface area contributed by atoms with Crippen LogP contribution < -0.4 is 20.1 Å². The van der Waals surface area contributed by atoms with Crippen molar-refractivity contribution < 1.29 is 19.0 Å². The van der Waals surface area contributed by atoms with Crippen LogP contribution in [-0.2, 0) is 11.3 Å². The molecule has 2 N–H and O–H groups in total. The van der Waals surface area contributed by atoms with Gasteiger partial charge in [-0.15, -0.1) is 11.3 Å². The number of anilines is 2. The summed E-state index contributed by atoms with van der Waals surface area (Å²) >= 11 is 1.69. The molecular formula is C27H30N4O4S. The van der Waals surface area contributed by atoms with Crippen LogP contribution in [-0.4, -0.2) is 35.9 Å². The monoisotopic (exact) mass is 506 g/mol. The van der Waals surface area contributed by atoms with Crippen molar-refractivity contribution >= 4 is 39.8 Å². The molecule has 0 atom stereocenters. The molecule has 0 spiro atoms. The van der Waals surface area contributed by atoms with Crippen molar-refractivity contribution in [3.05, 3.63) is 59.2 Å². The molecule has 0 unspecified atom stereocenters. The Kier molecular flexibility index (Phi) is 7.30. The number of nitrogens with one attached hydrogen (secondary N) is 2. The number of rotatable bonds is 7. The summed E-state index contributed by atoms with van der Waals surface area (Å²) in [5.41, 5.74) is 2.00. The number of aryl methyl sites for hydroxylation is 1. The van der Waals surface area contributed by atoms with E-state index in [2.05, 4.69) is 32.7 Å². The first kappa shape index (κ1) is 25.2. The van der Waals surface area contributed by atoms with Crippen LogP contribution in [0, 0.1) is 6.92 Å². The summed E-state index contributed by atoms with van der Waals surface area (Å²) in [5.74, 6) is 2.67. The fourth-order valence-corrected chi connectivity index (χ4v) is 4.60. The summed E-state index contributed by atoms with van der Waals surface area (Å²) in [7, 11) is 3.22. The zero-order valence-corrected chi connectivity index (χ0v) is 22.1. The van der Waals surface area contributed by atoms with Gasteiger partial charge in [-0.3, -0.25) is 5.32 Å². The van der Waals surface area contributed by atoms with Gasteiger partial charge in [-0.2, -0.15) is 0 Å². The second-order valence-electron chi connectivity index (χ2n) is 9.17. The molecule has 0 saturated carbocycles. The third-order valence-electron chi connectivity index (χ3n) is 5.22. The zero-order valence-electron chi connectivity index (χ0n) is 21.3. The lowest BCUT2D eigenvalue weighted by atomic mass is 10.2. The van der Waals surface area contributed by atoms with E-state index in [9.17, 15) is 4.79 Å². The molecule has 2 heterocycles. The van der Waals surface area contributed by atoms with Crippen molar-refractivity contribution in [3.63, 3.8) is 0 Å². The highest BCUT2D eigenvalue weighted by Crippen LogP contribution is 2.35. The van der Waals surface area contributed by atoms with Gasteiger partial charge in [-0.25, -0.2) is 14.8 Å². The van der Waals surface area contributed by atoms with E-state index in [4.69, 9.17) is 14.2 Å². The highest BCUT2D eigenvalue weighted by molar-refractivity contribution is 7.15. The van der Waals surface area contributed by atoms with Gasteiger partial charge in [0, 0.05) is 26.9 Å². The minimum absolute atomic E-state index is 0.469. The normalized spacial score (nSPS) is 11.3. The predicted molar refractivity (Wildman–Crippen MR) is 144 cm³/mol. The fourth-order valence-electron chi connectivity index (χ4n) is 3.64. The maximum Gasteiger partial charge on any atom is 0.412 e. The SMILES string of the molecule is COc1cc2nc(C)nc(NCc3ccc(-c4ccc(NC(=O)OC(C)(C)C)cc4)s3)c2cc1OC. The molecule has 1 amide bonds. The lowest BCUT2D eigenvalue weighted by Gasteiger charge is -2.19. The first-order chi connectivity index (χ1) is 17.1. The number of ether oxygens (including phenoxy) is 3. The van der Waals surface area contributed by atoms with E-state index in [1.165, 1.54) is 0 Å². The van der Waals surface area contributed by atoms with Crippen LogP contribution in [0.4, 0.5) is 16.3 Å². The van der Waals surface area contributed by atoms with Crippen LogP contribution in [0.25, 0.3) is 21.3 Å². The maximum atomic E-state index is 12.0. The molecule has 0 saturated heterocycles. The van der Waals surface area contributed by atoms with Crippen LogP contribution in [0.2, 0.25) is 0 Å². The van der Waals surface area contributed by atoms with Crippen molar-refractivity contribution in [3.8, 4) is 21.9 Å². The minimum atomic E-state index is -0.541. The van der Waals surface area contributed by atoms with E-state index in [1.807, 2.05) is 64.1 Å². The van der Waals surface area contributed by atoms with Gasteiger partial charge in [0.05, 0.1) is 26.3 Å². The molecule has 0 bridgehead atoms. The number of carbonyl (C=O) groups excluding carboxylic acids is 1. The van der Waals surface area contributed by atoms with E-state index >= 15 is 0 Å². The third-order valence-corrected chi connectivity index (χ3v) is 6.35. The smallest absolute Gasteiger partial charge is 0.412 e. The van der Waals surface area contributed by atoms with E-state index < -0.39 is 11.7 Å². The molecule has 4 aromatic rings. The Morgan fingerprint density at radius 1 is 0.972 bits per heavy atom. The Balaban J connectivity index is 1.46. The van der Waals surface area contributed by atoms with Crippen LogP contribution in [0.5, 0.6) is 11.5 Å². The van der Waals surface area contributed by atoms with Crippen LogP contribution >= 0.6 is 11.3 Å². The summed E-state index contributed by atoms with van der Waals surface area (Å²) in [6.45, 7) is 7.98. The zero-order chi connectivity index (χ0) is 25.9. The number of hydrogen-bond acceptors (Lipinski definition) is 8. The molecule has 0 radical (unpaired) electrons. The third kappa shape index (κ3) is 6.04. The largest absolute Gasteiger partial charge is 0.493 e. The molecule has 0 aliphatic rings. The van der Waals surface area contributed by atoms with Gasteiger partial charge in [-0.05, 0) is 63.6 Å². The first-order valence-corrected chi connectivity index (χ1v) is 12.3. The number of benzene rings is 2. The van der Waals surface area contributed by atoms with Gasteiger partial charge in [0.15, 0.2) is 11.5 Å². The van der Waals surface area contributed by atoms with Crippen molar-refractivity contribution in [1.82, 2.24) is 9.97 Å². The lowest BCUT2D eigenvalue weighted by Crippen LogP contribution is -2.27. The Labute approximate surface area is 214 Å². The van der Waals surface area contributed by atoms with Crippen molar-refractivity contribution in [1.29, 1.82) is 0 Å². The Morgan fingerprint density at radius 2 is 1.67 bits per heavy atom. The summed E-state index contributed by atoms with van der Waals surface area (Å²) in [5, 5.41) is 7.07. The highest BCUT2D eigenvalue weighted by atomic mass is 32.1. The van der Waals surface area contributed by atoms with Crippen molar-refractivity contribution in [2.45, 2.75) is 39.8 Å². The quantitative estimate of drug-likeness (QED) is 0.290. The predicted octanol–water partition coefficient (Wildman–Crippen LogP) is 6.64. The van der Waals surface area contributed by atoms with Gasteiger partial charge in [0.25, 0.3) is 0 Å². The van der Waals surface area contributed by atoms with Gasteiger partial charge >= 0.3 is 6.09 Å².